The third kappa shape index (κ3) is 3.68. The van der Waals surface area contributed by atoms with E-state index in [4.69, 9.17) is 11.6 Å². The van der Waals surface area contributed by atoms with E-state index in [0.717, 1.165) is 14.7 Å². The third-order valence-electron chi connectivity index (χ3n) is 4.36. The number of carbonyl (C=O) groups excluding carboxylic acids is 2. The van der Waals surface area contributed by atoms with E-state index in [0.29, 0.717) is 22.0 Å². The van der Waals surface area contributed by atoms with Crippen molar-refractivity contribution >= 4 is 57.1 Å². The molecule has 0 radical (unpaired) electrons. The van der Waals surface area contributed by atoms with Gasteiger partial charge >= 0.3 is 0 Å². The summed E-state index contributed by atoms with van der Waals surface area (Å²) in [7, 11) is 0. The molecule has 0 saturated carbocycles. The number of anilines is 1. The highest BCUT2D eigenvalue weighted by Gasteiger charge is 2.24. The predicted octanol–water partition coefficient (Wildman–Crippen LogP) is 5.69. The maximum Gasteiger partial charge on any atom is 0.298 e. The number of pyridine rings is 1. The number of benzene rings is 2. The molecule has 0 unspecified atom stereocenters. The smallest absolute Gasteiger partial charge is 0.298 e. The van der Waals surface area contributed by atoms with Crippen LogP contribution in [0.5, 0.6) is 0 Å². The third-order valence-corrected chi connectivity index (χ3v) is 5.33. The predicted molar refractivity (Wildman–Crippen MR) is 120 cm³/mol. The maximum atomic E-state index is 13.1. The molecule has 28 heavy (non-hydrogen) atoms. The summed E-state index contributed by atoms with van der Waals surface area (Å²) in [6.45, 7) is 0. The number of carbonyl (C=O) groups is 2. The Morgan fingerprint density at radius 2 is 1.64 bits per heavy atom. The van der Waals surface area contributed by atoms with Gasteiger partial charge in [0.05, 0.1) is 0 Å². The van der Waals surface area contributed by atoms with Gasteiger partial charge in [-0.25, -0.2) is 0 Å². The van der Waals surface area contributed by atoms with Gasteiger partial charge in [-0.15, -0.1) is 0 Å². The monoisotopic (exact) mass is 500 g/mol. The van der Waals surface area contributed by atoms with Crippen molar-refractivity contribution in [2.45, 2.75) is 0 Å². The molecule has 0 aliphatic rings. The molecular weight excluding hydrogens is 487 g/mol. The van der Waals surface area contributed by atoms with Gasteiger partial charge in [-0.2, -0.15) is 0 Å². The summed E-state index contributed by atoms with van der Waals surface area (Å²) < 4.78 is 2.78. The van der Waals surface area contributed by atoms with Crippen LogP contribution in [-0.2, 0) is 4.79 Å². The molecule has 1 N–H and O–H groups in total. The average molecular weight is 501 g/mol. The Morgan fingerprint density at radius 1 is 0.929 bits per heavy atom. The van der Waals surface area contributed by atoms with Gasteiger partial charge in [0.1, 0.15) is 5.69 Å². The molecule has 0 spiro atoms. The van der Waals surface area contributed by atoms with Crippen LogP contribution in [0.15, 0.2) is 79.0 Å². The number of fused-ring (bicyclic) bond motifs is 1. The minimum Gasteiger partial charge on any atom is -0.319 e. The van der Waals surface area contributed by atoms with Crippen molar-refractivity contribution in [3.8, 4) is 11.1 Å². The number of amides is 1. The van der Waals surface area contributed by atoms with Gasteiger partial charge in [0, 0.05) is 31.6 Å². The summed E-state index contributed by atoms with van der Waals surface area (Å²) >= 11 is 8.18. The Labute approximate surface area is 180 Å². The van der Waals surface area contributed by atoms with Gasteiger partial charge in [-0.1, -0.05) is 29.8 Å². The highest BCUT2D eigenvalue weighted by atomic mass is 127. The molecule has 4 aromatic rings. The fourth-order valence-electron chi connectivity index (χ4n) is 3.03. The van der Waals surface area contributed by atoms with Crippen LogP contribution in [0.3, 0.4) is 0 Å². The minimum absolute atomic E-state index is 0.320. The molecule has 0 aliphatic carbocycles. The van der Waals surface area contributed by atoms with Crippen LogP contribution in [0.1, 0.15) is 10.5 Å². The molecule has 2 aromatic heterocycles. The molecule has 6 heteroatoms. The molecule has 4 rings (SSSR count). The molecule has 0 fully saturated rings. The zero-order valence-electron chi connectivity index (χ0n) is 14.5. The van der Waals surface area contributed by atoms with Gasteiger partial charge in [0.25, 0.3) is 11.7 Å². The van der Waals surface area contributed by atoms with Crippen LogP contribution in [-0.4, -0.2) is 16.1 Å². The molecule has 0 bridgehead atoms. The lowest BCUT2D eigenvalue weighted by Gasteiger charge is -2.08. The minimum atomic E-state index is -0.680. The fourth-order valence-corrected chi connectivity index (χ4v) is 3.52. The topological polar surface area (TPSA) is 50.6 Å². The molecule has 1 amide bonds. The van der Waals surface area contributed by atoms with E-state index < -0.39 is 11.7 Å². The number of nitrogens with one attached hydrogen (secondary N) is 1. The first-order chi connectivity index (χ1) is 13.5. The van der Waals surface area contributed by atoms with E-state index in [1.165, 1.54) is 0 Å². The molecule has 0 atom stereocenters. The molecule has 2 heterocycles. The van der Waals surface area contributed by atoms with Gasteiger partial charge in [-0.05, 0) is 82.8 Å². The van der Waals surface area contributed by atoms with Gasteiger partial charge in [0.2, 0.25) is 0 Å². The molecule has 0 saturated heterocycles. The molecule has 2 aromatic carbocycles. The van der Waals surface area contributed by atoms with Crippen LogP contribution < -0.4 is 5.32 Å². The Balaban J connectivity index is 1.76. The van der Waals surface area contributed by atoms with Crippen molar-refractivity contribution in [2.75, 3.05) is 5.32 Å². The zero-order chi connectivity index (χ0) is 19.7. The Hall–Kier alpha value is -2.64. The van der Waals surface area contributed by atoms with Crippen LogP contribution in [0.4, 0.5) is 5.69 Å². The Morgan fingerprint density at radius 3 is 2.36 bits per heavy atom. The molecule has 138 valence electrons. The van der Waals surface area contributed by atoms with E-state index in [1.54, 1.807) is 34.9 Å². The van der Waals surface area contributed by atoms with Crippen molar-refractivity contribution in [2.24, 2.45) is 0 Å². The van der Waals surface area contributed by atoms with Crippen LogP contribution in [0, 0.1) is 3.57 Å². The SMILES string of the molecule is O=C(Nc1ccc(I)cc1)C(=O)c1c(-c2ccc(Cl)cc2)cc2ccccn12. The van der Waals surface area contributed by atoms with E-state index in [9.17, 15) is 9.59 Å². The van der Waals surface area contributed by atoms with Crippen molar-refractivity contribution in [1.82, 2.24) is 4.40 Å². The summed E-state index contributed by atoms with van der Waals surface area (Å²) in [5, 5.41) is 3.29. The highest BCUT2D eigenvalue weighted by molar-refractivity contribution is 14.1. The van der Waals surface area contributed by atoms with Crippen molar-refractivity contribution < 1.29 is 9.59 Å². The number of aromatic nitrogens is 1. The van der Waals surface area contributed by atoms with Gasteiger partial charge < -0.3 is 9.72 Å². The van der Waals surface area contributed by atoms with Crippen LogP contribution in [0.2, 0.25) is 5.02 Å². The second-order valence-corrected chi connectivity index (χ2v) is 7.88. The van der Waals surface area contributed by atoms with E-state index in [1.807, 2.05) is 48.5 Å². The molecule has 4 nitrogen and oxygen atoms in total. The number of hydrogen-bond acceptors (Lipinski definition) is 2. The Bertz CT molecular complexity index is 1180. The quantitative estimate of drug-likeness (QED) is 0.222. The number of Topliss-reactive ketones (excluding diaryl/α,β-unsaturated/α-hetero) is 1. The van der Waals surface area contributed by atoms with E-state index in [2.05, 4.69) is 27.9 Å². The van der Waals surface area contributed by atoms with Crippen molar-refractivity contribution in [3.05, 3.63) is 93.3 Å². The first-order valence-corrected chi connectivity index (χ1v) is 9.96. The summed E-state index contributed by atoms with van der Waals surface area (Å²) in [4.78, 5) is 25.8. The number of halogens is 2. The van der Waals surface area contributed by atoms with Crippen molar-refractivity contribution in [1.29, 1.82) is 0 Å². The lowest BCUT2D eigenvalue weighted by Crippen LogP contribution is -2.24. The largest absolute Gasteiger partial charge is 0.319 e. The first-order valence-electron chi connectivity index (χ1n) is 8.50. The fraction of sp³-hybridized carbons (Fsp3) is 0. The summed E-state index contributed by atoms with van der Waals surface area (Å²) in [6, 6.07) is 22.0. The van der Waals surface area contributed by atoms with Gasteiger partial charge in [0.15, 0.2) is 0 Å². The lowest BCUT2D eigenvalue weighted by atomic mass is 10.0. The number of rotatable bonds is 4. The molecular formula is C22H14ClIN2O2. The second kappa shape index (κ2) is 7.77. The molecule has 0 aliphatic heterocycles. The second-order valence-electron chi connectivity index (χ2n) is 6.20. The summed E-state index contributed by atoms with van der Waals surface area (Å²) in [5.74, 6) is -1.28. The number of ketones is 1. The summed E-state index contributed by atoms with van der Waals surface area (Å²) in [5.41, 5.74) is 3.23. The lowest BCUT2D eigenvalue weighted by molar-refractivity contribution is -0.112. The van der Waals surface area contributed by atoms with Crippen LogP contribution >= 0.6 is 34.2 Å². The Kier molecular flexibility index (Phi) is 5.19. The van der Waals surface area contributed by atoms with Crippen molar-refractivity contribution in [3.63, 3.8) is 0 Å². The van der Waals surface area contributed by atoms with Gasteiger partial charge in [-0.3, -0.25) is 9.59 Å². The normalized spacial score (nSPS) is 10.8. The first kappa shape index (κ1) is 18.7. The maximum absolute atomic E-state index is 13.1. The average Bonchev–Trinajstić information content (AvgIpc) is 3.09. The zero-order valence-corrected chi connectivity index (χ0v) is 17.4. The standard InChI is InChI=1S/C22H14ClIN2O2/c23-15-6-4-14(5-7-15)19-13-18-3-1-2-12-26(18)20(19)21(27)22(28)25-17-10-8-16(24)9-11-17/h1-13H,(H,25,28). The van der Waals surface area contributed by atoms with E-state index >= 15 is 0 Å². The number of hydrogen-bond donors (Lipinski definition) is 1. The van der Waals surface area contributed by atoms with Crippen LogP contribution in [0.25, 0.3) is 16.6 Å². The van der Waals surface area contributed by atoms with E-state index in [-0.39, 0.29) is 0 Å². The summed E-state index contributed by atoms with van der Waals surface area (Å²) in [6.07, 6.45) is 1.78. The highest BCUT2D eigenvalue weighted by Crippen LogP contribution is 2.29. The number of nitrogens with zero attached hydrogens (tertiary/aromatic N) is 1.